The minimum Gasteiger partial charge on any atom is -0.507 e. The molecule has 0 spiro atoms. The number of hydrazine groups is 1. The fourth-order valence-corrected chi connectivity index (χ4v) is 3.79. The lowest BCUT2D eigenvalue weighted by Gasteiger charge is -2.19. The zero-order valence-electron chi connectivity index (χ0n) is 16.0. The second-order valence-electron chi connectivity index (χ2n) is 7.32. The number of nitrogens with one attached hydrogen (secondary N) is 1. The summed E-state index contributed by atoms with van der Waals surface area (Å²) in [5.41, 5.74) is 7.26. The fourth-order valence-electron chi connectivity index (χ4n) is 3.79. The number of para-hydroxylation sites is 1. The van der Waals surface area contributed by atoms with Gasteiger partial charge in [-0.1, -0.05) is 48.5 Å². The third-order valence-electron chi connectivity index (χ3n) is 5.32. The highest BCUT2D eigenvalue weighted by Gasteiger charge is 2.17. The van der Waals surface area contributed by atoms with E-state index in [0.717, 1.165) is 40.9 Å². The van der Waals surface area contributed by atoms with Gasteiger partial charge >= 0.3 is 0 Å². The first-order valence-corrected chi connectivity index (χ1v) is 9.95. The van der Waals surface area contributed by atoms with E-state index >= 15 is 0 Å². The molecule has 0 bridgehead atoms. The number of anilines is 1. The lowest BCUT2D eigenvalue weighted by atomic mass is 10.0. The van der Waals surface area contributed by atoms with Crippen LogP contribution in [0.25, 0.3) is 33.4 Å². The van der Waals surface area contributed by atoms with E-state index in [1.54, 1.807) is 12.1 Å². The average Bonchev–Trinajstić information content (AvgIpc) is 3.27. The first kappa shape index (κ1) is 17.6. The highest BCUT2D eigenvalue weighted by atomic mass is 16.3. The summed E-state index contributed by atoms with van der Waals surface area (Å²) in [6.45, 7) is 1.99. The molecule has 144 valence electrons. The average molecular weight is 382 g/mol. The Labute approximate surface area is 169 Å². The van der Waals surface area contributed by atoms with Crippen LogP contribution in [0, 0.1) is 0 Å². The van der Waals surface area contributed by atoms with Gasteiger partial charge in [-0.15, -0.1) is 0 Å². The number of rotatable bonds is 4. The van der Waals surface area contributed by atoms with Gasteiger partial charge in [0.1, 0.15) is 5.75 Å². The number of hydrogen-bond acceptors (Lipinski definition) is 5. The number of fused-ring (bicyclic) bond motifs is 1. The Balaban J connectivity index is 1.67. The van der Waals surface area contributed by atoms with E-state index in [-0.39, 0.29) is 5.75 Å². The van der Waals surface area contributed by atoms with Crippen molar-refractivity contribution in [1.29, 1.82) is 0 Å². The van der Waals surface area contributed by atoms with Crippen molar-refractivity contribution in [3.63, 3.8) is 0 Å². The summed E-state index contributed by atoms with van der Waals surface area (Å²) in [5.74, 6) is 1.47. The van der Waals surface area contributed by atoms with Crippen LogP contribution in [-0.4, -0.2) is 33.2 Å². The summed E-state index contributed by atoms with van der Waals surface area (Å²) < 4.78 is 0. The van der Waals surface area contributed by atoms with Gasteiger partial charge in [0.15, 0.2) is 11.6 Å². The highest BCUT2D eigenvalue weighted by Crippen LogP contribution is 2.32. The molecule has 0 unspecified atom stereocenters. The van der Waals surface area contributed by atoms with Crippen LogP contribution in [0.4, 0.5) is 5.82 Å². The van der Waals surface area contributed by atoms with Gasteiger partial charge in [-0.25, -0.2) is 15.0 Å². The first-order chi connectivity index (χ1) is 14.3. The topological polar surface area (TPSA) is 61.3 Å². The quantitative estimate of drug-likeness (QED) is 0.515. The van der Waals surface area contributed by atoms with Crippen molar-refractivity contribution in [3.8, 4) is 28.3 Å². The number of aromatic hydroxyl groups is 1. The molecule has 29 heavy (non-hydrogen) atoms. The van der Waals surface area contributed by atoms with Gasteiger partial charge in [0.25, 0.3) is 0 Å². The third-order valence-corrected chi connectivity index (χ3v) is 5.32. The van der Waals surface area contributed by atoms with Crippen LogP contribution in [0.5, 0.6) is 5.75 Å². The normalized spacial score (nSPS) is 14.3. The Morgan fingerprint density at radius 3 is 2.34 bits per heavy atom. The van der Waals surface area contributed by atoms with Gasteiger partial charge in [-0.3, -0.25) is 0 Å². The van der Waals surface area contributed by atoms with Crippen molar-refractivity contribution in [2.24, 2.45) is 0 Å². The van der Waals surface area contributed by atoms with Crippen LogP contribution >= 0.6 is 0 Å². The molecule has 4 aromatic rings. The largest absolute Gasteiger partial charge is 0.507 e. The van der Waals surface area contributed by atoms with Crippen LogP contribution in [-0.2, 0) is 0 Å². The summed E-state index contributed by atoms with van der Waals surface area (Å²) in [5, 5.41) is 13.5. The molecule has 0 aliphatic carbocycles. The SMILES string of the molecule is Oc1ccccc1-c1nc(NN2CCCC2)c2cc(-c3ccccc3)ccc2n1. The van der Waals surface area contributed by atoms with Crippen LogP contribution in [0.2, 0.25) is 0 Å². The maximum absolute atomic E-state index is 10.3. The van der Waals surface area contributed by atoms with E-state index in [2.05, 4.69) is 34.7 Å². The molecule has 0 radical (unpaired) electrons. The van der Waals surface area contributed by atoms with Gasteiger partial charge in [-0.05, 0) is 48.2 Å². The van der Waals surface area contributed by atoms with Gasteiger partial charge in [0.05, 0.1) is 11.1 Å². The number of phenols is 1. The fraction of sp³-hybridized carbons (Fsp3) is 0.167. The molecule has 1 aromatic heterocycles. The zero-order valence-corrected chi connectivity index (χ0v) is 16.0. The summed E-state index contributed by atoms with van der Waals surface area (Å²) >= 11 is 0. The summed E-state index contributed by atoms with van der Waals surface area (Å²) in [4.78, 5) is 9.55. The molecular weight excluding hydrogens is 360 g/mol. The lowest BCUT2D eigenvalue weighted by molar-refractivity contribution is 0.409. The Hall–Kier alpha value is -3.44. The predicted molar refractivity (Wildman–Crippen MR) is 117 cm³/mol. The summed E-state index contributed by atoms with van der Waals surface area (Å²) in [7, 11) is 0. The molecule has 1 saturated heterocycles. The lowest BCUT2D eigenvalue weighted by Crippen LogP contribution is -2.27. The van der Waals surface area contributed by atoms with Crippen molar-refractivity contribution < 1.29 is 5.11 Å². The molecule has 3 aromatic carbocycles. The van der Waals surface area contributed by atoms with Crippen molar-refractivity contribution in [2.75, 3.05) is 18.5 Å². The Morgan fingerprint density at radius 1 is 0.793 bits per heavy atom. The molecular formula is C24H22N4O. The number of hydrogen-bond donors (Lipinski definition) is 2. The Morgan fingerprint density at radius 2 is 1.55 bits per heavy atom. The second kappa shape index (κ2) is 7.53. The Kier molecular flexibility index (Phi) is 4.58. The van der Waals surface area contributed by atoms with Gasteiger partial charge in [-0.2, -0.15) is 0 Å². The van der Waals surface area contributed by atoms with E-state index < -0.39 is 0 Å². The first-order valence-electron chi connectivity index (χ1n) is 9.95. The highest BCUT2D eigenvalue weighted by molar-refractivity contribution is 5.94. The molecule has 0 atom stereocenters. The van der Waals surface area contributed by atoms with E-state index in [1.807, 2.05) is 36.4 Å². The van der Waals surface area contributed by atoms with Gasteiger partial charge < -0.3 is 10.5 Å². The van der Waals surface area contributed by atoms with E-state index in [4.69, 9.17) is 9.97 Å². The van der Waals surface area contributed by atoms with E-state index in [1.165, 1.54) is 12.8 Å². The predicted octanol–water partition coefficient (Wildman–Crippen LogP) is 5.09. The maximum atomic E-state index is 10.3. The molecule has 1 fully saturated rings. The molecule has 0 amide bonds. The van der Waals surface area contributed by atoms with Crippen LogP contribution in [0.15, 0.2) is 72.8 Å². The smallest absolute Gasteiger partial charge is 0.165 e. The molecule has 1 aliphatic heterocycles. The monoisotopic (exact) mass is 382 g/mol. The minimum absolute atomic E-state index is 0.180. The number of nitrogens with zero attached hydrogens (tertiary/aromatic N) is 3. The zero-order chi connectivity index (χ0) is 19.6. The van der Waals surface area contributed by atoms with Gasteiger partial charge in [0, 0.05) is 18.5 Å². The number of aromatic nitrogens is 2. The molecule has 5 nitrogen and oxygen atoms in total. The Bertz CT molecular complexity index is 1150. The molecule has 5 heteroatoms. The molecule has 2 heterocycles. The minimum atomic E-state index is 0.180. The van der Waals surface area contributed by atoms with Crippen molar-refractivity contribution >= 4 is 16.7 Å². The summed E-state index contributed by atoms with van der Waals surface area (Å²) in [6, 6.07) is 23.7. The van der Waals surface area contributed by atoms with E-state index in [9.17, 15) is 5.11 Å². The second-order valence-corrected chi connectivity index (χ2v) is 7.32. The molecule has 0 saturated carbocycles. The number of benzene rings is 3. The van der Waals surface area contributed by atoms with Crippen molar-refractivity contribution in [2.45, 2.75) is 12.8 Å². The van der Waals surface area contributed by atoms with Crippen molar-refractivity contribution in [1.82, 2.24) is 15.0 Å². The summed E-state index contributed by atoms with van der Waals surface area (Å²) in [6.07, 6.45) is 2.36. The van der Waals surface area contributed by atoms with Crippen LogP contribution in [0.1, 0.15) is 12.8 Å². The molecule has 1 aliphatic rings. The van der Waals surface area contributed by atoms with Crippen LogP contribution in [0.3, 0.4) is 0 Å². The van der Waals surface area contributed by atoms with Crippen molar-refractivity contribution in [3.05, 3.63) is 72.8 Å². The third kappa shape index (κ3) is 3.52. The molecule has 2 N–H and O–H groups in total. The number of phenolic OH excluding ortho intramolecular Hbond substituents is 1. The molecule has 5 rings (SSSR count). The standard InChI is InChI=1S/C24H22N4O/c29-22-11-5-4-10-19(22)23-25-21-13-12-18(17-8-2-1-3-9-17)16-20(21)24(26-23)27-28-14-6-7-15-28/h1-5,8-13,16,29H,6-7,14-15H2,(H,25,26,27). The van der Waals surface area contributed by atoms with E-state index in [0.29, 0.717) is 11.4 Å². The van der Waals surface area contributed by atoms with Gasteiger partial charge in [0.2, 0.25) is 0 Å². The van der Waals surface area contributed by atoms with Crippen LogP contribution < -0.4 is 5.43 Å². The maximum Gasteiger partial charge on any atom is 0.165 e.